The van der Waals surface area contributed by atoms with Crippen LogP contribution in [0.25, 0.3) is 10.8 Å². The van der Waals surface area contributed by atoms with Gasteiger partial charge in [-0.15, -0.1) is 0 Å². The summed E-state index contributed by atoms with van der Waals surface area (Å²) in [6, 6.07) is 14.9. The second kappa shape index (κ2) is 5.72. The van der Waals surface area contributed by atoms with Crippen LogP contribution in [-0.2, 0) is 6.54 Å². The Hall–Kier alpha value is -1.38. The van der Waals surface area contributed by atoms with Gasteiger partial charge in [-0.25, -0.2) is 0 Å². The summed E-state index contributed by atoms with van der Waals surface area (Å²) in [4.78, 5) is 2.31. The van der Waals surface area contributed by atoms with Crippen LogP contribution in [-0.4, -0.2) is 29.2 Å². The average molecular weight is 257 g/mol. The predicted octanol–water partition coefficient (Wildman–Crippen LogP) is 3.43. The van der Waals surface area contributed by atoms with Gasteiger partial charge in [-0.2, -0.15) is 0 Å². The highest BCUT2D eigenvalue weighted by molar-refractivity contribution is 5.85. The van der Waals surface area contributed by atoms with E-state index in [1.54, 1.807) is 0 Å². The van der Waals surface area contributed by atoms with Gasteiger partial charge in [0, 0.05) is 18.7 Å². The minimum absolute atomic E-state index is 0.00565. The van der Waals surface area contributed by atoms with E-state index in [2.05, 4.69) is 68.3 Å². The maximum atomic E-state index is 9.16. The van der Waals surface area contributed by atoms with E-state index < -0.39 is 0 Å². The lowest BCUT2D eigenvalue weighted by molar-refractivity contribution is 0.110. The molecule has 0 spiro atoms. The summed E-state index contributed by atoms with van der Waals surface area (Å²) in [6.07, 6.45) is 0.786. The van der Waals surface area contributed by atoms with Gasteiger partial charge in [-0.3, -0.25) is 4.90 Å². The number of nitrogens with zero attached hydrogens (tertiary/aromatic N) is 1. The Kier molecular flexibility index (Phi) is 4.23. The molecule has 1 N–H and O–H groups in total. The fourth-order valence-electron chi connectivity index (χ4n) is 2.36. The van der Waals surface area contributed by atoms with Crippen molar-refractivity contribution < 1.29 is 5.11 Å². The van der Waals surface area contributed by atoms with Crippen LogP contribution in [0.15, 0.2) is 42.5 Å². The number of hydrogen-bond donors (Lipinski definition) is 1. The van der Waals surface area contributed by atoms with Gasteiger partial charge in [-0.1, -0.05) is 42.5 Å². The SMILES string of the molecule is CN(Cc1cccc2ccccc12)C(C)(C)CCO. The highest BCUT2D eigenvalue weighted by Crippen LogP contribution is 2.24. The zero-order chi connectivity index (χ0) is 13.9. The average Bonchev–Trinajstić information content (AvgIpc) is 2.39. The van der Waals surface area contributed by atoms with Gasteiger partial charge < -0.3 is 5.11 Å². The zero-order valence-electron chi connectivity index (χ0n) is 12.1. The minimum Gasteiger partial charge on any atom is -0.396 e. The second-order valence-electron chi connectivity index (χ2n) is 5.78. The van der Waals surface area contributed by atoms with Gasteiger partial charge in [0.05, 0.1) is 0 Å². The van der Waals surface area contributed by atoms with Crippen LogP contribution < -0.4 is 0 Å². The second-order valence-corrected chi connectivity index (χ2v) is 5.78. The highest BCUT2D eigenvalue weighted by atomic mass is 16.3. The third-order valence-electron chi connectivity index (χ3n) is 4.04. The molecule has 2 heteroatoms. The molecule has 0 aliphatic heterocycles. The summed E-state index contributed by atoms with van der Waals surface area (Å²) in [5, 5.41) is 11.8. The first-order valence-electron chi connectivity index (χ1n) is 6.83. The van der Waals surface area contributed by atoms with Crippen LogP contribution in [0.5, 0.6) is 0 Å². The maximum absolute atomic E-state index is 9.16. The van der Waals surface area contributed by atoms with Gasteiger partial charge in [0.25, 0.3) is 0 Å². The number of hydrogen-bond acceptors (Lipinski definition) is 2. The Morgan fingerprint density at radius 2 is 1.74 bits per heavy atom. The molecule has 102 valence electrons. The summed E-state index contributed by atoms with van der Waals surface area (Å²) in [6.45, 7) is 5.48. The van der Waals surface area contributed by atoms with Crippen LogP contribution in [0.2, 0.25) is 0 Å². The third kappa shape index (κ3) is 3.14. The molecule has 2 rings (SSSR count). The summed E-state index contributed by atoms with van der Waals surface area (Å²) < 4.78 is 0. The third-order valence-corrected chi connectivity index (χ3v) is 4.04. The fourth-order valence-corrected chi connectivity index (χ4v) is 2.36. The van der Waals surface area contributed by atoms with Crippen molar-refractivity contribution in [3.8, 4) is 0 Å². The topological polar surface area (TPSA) is 23.5 Å². The molecule has 0 aromatic heterocycles. The van der Waals surface area contributed by atoms with Crippen molar-refractivity contribution in [1.82, 2.24) is 4.90 Å². The van der Waals surface area contributed by atoms with Crippen molar-refractivity contribution in [2.24, 2.45) is 0 Å². The molecule has 0 radical (unpaired) electrons. The molecule has 0 fully saturated rings. The predicted molar refractivity (Wildman–Crippen MR) is 81.2 cm³/mol. The molecule has 0 amide bonds. The van der Waals surface area contributed by atoms with Gasteiger partial charge in [0.2, 0.25) is 0 Å². The van der Waals surface area contributed by atoms with Crippen LogP contribution in [0.3, 0.4) is 0 Å². The minimum atomic E-state index is 0.00565. The van der Waals surface area contributed by atoms with Crippen LogP contribution in [0, 0.1) is 0 Å². The molecular formula is C17H23NO. The molecule has 19 heavy (non-hydrogen) atoms. The van der Waals surface area contributed by atoms with Crippen molar-refractivity contribution in [1.29, 1.82) is 0 Å². The number of rotatable bonds is 5. The quantitative estimate of drug-likeness (QED) is 0.887. The summed E-state index contributed by atoms with van der Waals surface area (Å²) in [5.41, 5.74) is 1.35. The molecule has 0 bridgehead atoms. The van der Waals surface area contributed by atoms with E-state index in [-0.39, 0.29) is 12.1 Å². The van der Waals surface area contributed by atoms with E-state index in [9.17, 15) is 0 Å². The van der Waals surface area contributed by atoms with Gasteiger partial charge in [-0.05, 0) is 43.7 Å². The number of fused-ring (bicyclic) bond motifs is 1. The lowest BCUT2D eigenvalue weighted by Crippen LogP contribution is -2.41. The van der Waals surface area contributed by atoms with Gasteiger partial charge in [0.1, 0.15) is 0 Å². The Morgan fingerprint density at radius 3 is 2.47 bits per heavy atom. The van der Waals surface area contributed by atoms with E-state index >= 15 is 0 Å². The summed E-state index contributed by atoms with van der Waals surface area (Å²) in [7, 11) is 2.12. The molecule has 2 aromatic rings. The molecule has 0 aliphatic carbocycles. The van der Waals surface area contributed by atoms with E-state index in [1.807, 2.05) is 0 Å². The summed E-state index contributed by atoms with van der Waals surface area (Å²) in [5.74, 6) is 0. The first-order valence-corrected chi connectivity index (χ1v) is 6.83. The van der Waals surface area contributed by atoms with Crippen molar-refractivity contribution >= 4 is 10.8 Å². The maximum Gasteiger partial charge on any atom is 0.0448 e. The van der Waals surface area contributed by atoms with Crippen LogP contribution in [0.4, 0.5) is 0 Å². The first kappa shape index (κ1) is 14.0. The standard InChI is InChI=1S/C17H23NO/c1-17(2,11-12-19)18(3)13-15-9-6-8-14-7-4-5-10-16(14)15/h4-10,19H,11-13H2,1-3H3. The lowest BCUT2D eigenvalue weighted by Gasteiger charge is -2.35. The van der Waals surface area contributed by atoms with Crippen molar-refractivity contribution in [2.45, 2.75) is 32.4 Å². The van der Waals surface area contributed by atoms with Crippen molar-refractivity contribution in [3.05, 3.63) is 48.0 Å². The Morgan fingerprint density at radius 1 is 1.05 bits per heavy atom. The highest BCUT2D eigenvalue weighted by Gasteiger charge is 2.23. The largest absolute Gasteiger partial charge is 0.396 e. The molecule has 0 saturated heterocycles. The van der Waals surface area contributed by atoms with Gasteiger partial charge in [0.15, 0.2) is 0 Å². The fraction of sp³-hybridized carbons (Fsp3) is 0.412. The Labute approximate surface area is 115 Å². The monoisotopic (exact) mass is 257 g/mol. The van der Waals surface area contributed by atoms with E-state index in [0.717, 1.165) is 13.0 Å². The van der Waals surface area contributed by atoms with Gasteiger partial charge >= 0.3 is 0 Å². The normalized spacial score (nSPS) is 12.3. The molecule has 2 nitrogen and oxygen atoms in total. The van der Waals surface area contributed by atoms with Crippen molar-refractivity contribution in [3.63, 3.8) is 0 Å². The van der Waals surface area contributed by atoms with E-state index in [4.69, 9.17) is 5.11 Å². The molecule has 2 aromatic carbocycles. The molecular weight excluding hydrogens is 234 g/mol. The molecule has 0 heterocycles. The van der Waals surface area contributed by atoms with Crippen molar-refractivity contribution in [2.75, 3.05) is 13.7 Å². The van der Waals surface area contributed by atoms with Crippen LogP contribution in [0.1, 0.15) is 25.8 Å². The number of benzene rings is 2. The first-order chi connectivity index (χ1) is 9.04. The zero-order valence-corrected chi connectivity index (χ0v) is 12.1. The molecule has 0 unspecified atom stereocenters. The molecule has 0 atom stereocenters. The van der Waals surface area contributed by atoms with E-state index in [0.29, 0.717) is 0 Å². The number of aliphatic hydroxyl groups is 1. The summed E-state index contributed by atoms with van der Waals surface area (Å²) >= 11 is 0. The lowest BCUT2D eigenvalue weighted by atomic mass is 9.97. The van der Waals surface area contributed by atoms with Crippen LogP contribution >= 0.6 is 0 Å². The molecule has 0 saturated carbocycles. The Bertz CT molecular complexity index is 542. The smallest absolute Gasteiger partial charge is 0.0448 e. The molecule has 0 aliphatic rings. The Balaban J connectivity index is 2.26. The number of aliphatic hydroxyl groups excluding tert-OH is 1. The van der Waals surface area contributed by atoms with E-state index in [1.165, 1.54) is 16.3 Å².